The third-order valence-corrected chi connectivity index (χ3v) is 1.62. The van der Waals surface area contributed by atoms with Crippen molar-refractivity contribution < 1.29 is 14.4 Å². The van der Waals surface area contributed by atoms with Crippen molar-refractivity contribution in [2.24, 2.45) is 0 Å². The summed E-state index contributed by atoms with van der Waals surface area (Å²) in [6, 6.07) is -0.730. The van der Waals surface area contributed by atoms with Crippen LogP contribution in [-0.2, 0) is 9.59 Å². The van der Waals surface area contributed by atoms with Crippen molar-refractivity contribution in [3.05, 3.63) is 25.6 Å². The average Bonchev–Trinajstić information content (AvgIpc) is 2.04. The van der Waals surface area contributed by atoms with Gasteiger partial charge in [0, 0.05) is 12.4 Å². The minimum absolute atomic E-state index is 0.330. The molecule has 0 aliphatic carbocycles. The maximum Gasteiger partial charge on any atom is 0.341 e. The van der Waals surface area contributed by atoms with Crippen LogP contribution in [0, 0.1) is 0 Å². The van der Waals surface area contributed by atoms with E-state index in [1.54, 1.807) is 0 Å². The van der Waals surface area contributed by atoms with Crippen LogP contribution >= 0.6 is 0 Å². The van der Waals surface area contributed by atoms with E-state index in [0.29, 0.717) is 0 Å². The molecule has 1 fully saturated rings. The lowest BCUT2D eigenvalue weighted by molar-refractivity contribution is -0.139. The van der Waals surface area contributed by atoms with Crippen LogP contribution in [-0.4, -0.2) is 27.6 Å². The van der Waals surface area contributed by atoms with E-state index in [1.807, 2.05) is 0 Å². The smallest absolute Gasteiger partial charge is 0.273 e. The number of rotatable bonds is 2. The molecule has 4 amide bonds. The second-order valence-electron chi connectivity index (χ2n) is 2.35. The Morgan fingerprint density at radius 2 is 1.38 bits per heavy atom. The van der Waals surface area contributed by atoms with Gasteiger partial charge in [-0.05, 0) is 0 Å². The van der Waals surface area contributed by atoms with E-state index < -0.39 is 17.8 Å². The molecule has 0 bridgehead atoms. The first-order valence-electron chi connectivity index (χ1n) is 3.55. The number of amides is 4. The zero-order chi connectivity index (χ0) is 10.0. The third kappa shape index (κ3) is 1.35. The number of carbonyl (C=O) groups excluding carboxylic acids is 3. The number of nitrogens with zero attached hydrogens (tertiary/aromatic N) is 2. The first-order chi connectivity index (χ1) is 6.11. The van der Waals surface area contributed by atoms with Gasteiger partial charge in [-0.3, -0.25) is 9.59 Å². The largest absolute Gasteiger partial charge is 0.341 e. The molecule has 0 unspecified atom stereocenters. The fourth-order valence-electron chi connectivity index (χ4n) is 0.989. The number of barbiturate groups is 1. The second-order valence-corrected chi connectivity index (χ2v) is 2.35. The highest BCUT2D eigenvalue weighted by molar-refractivity contribution is 6.15. The standard InChI is InChI=1S/C8H8N2O3/c1-3-9-6(11)5-7(12)10(4-2)8(9)13/h3-4H,1-2,5H2. The number of hydrogen-bond donors (Lipinski definition) is 0. The molecular weight excluding hydrogens is 172 g/mol. The zero-order valence-electron chi connectivity index (χ0n) is 6.90. The Labute approximate surface area is 74.9 Å². The zero-order valence-corrected chi connectivity index (χ0v) is 6.90. The summed E-state index contributed by atoms with van der Waals surface area (Å²) in [5, 5.41) is 0. The number of hydrogen-bond acceptors (Lipinski definition) is 3. The lowest BCUT2D eigenvalue weighted by Gasteiger charge is -2.27. The van der Waals surface area contributed by atoms with Gasteiger partial charge in [-0.25, -0.2) is 14.6 Å². The van der Waals surface area contributed by atoms with Crippen LogP contribution in [0.1, 0.15) is 6.42 Å². The molecule has 0 aromatic rings. The molecule has 0 aromatic heterocycles. The summed E-state index contributed by atoms with van der Waals surface area (Å²) in [6.07, 6.45) is 1.82. The van der Waals surface area contributed by atoms with Crippen molar-refractivity contribution >= 4 is 17.8 Å². The van der Waals surface area contributed by atoms with Crippen LogP contribution in [0.2, 0.25) is 0 Å². The van der Waals surface area contributed by atoms with Crippen molar-refractivity contribution in [2.75, 3.05) is 0 Å². The van der Waals surface area contributed by atoms with Gasteiger partial charge in [0.1, 0.15) is 6.42 Å². The van der Waals surface area contributed by atoms with Crippen LogP contribution in [0.3, 0.4) is 0 Å². The first kappa shape index (κ1) is 9.18. The van der Waals surface area contributed by atoms with E-state index in [1.165, 1.54) is 0 Å². The summed E-state index contributed by atoms with van der Waals surface area (Å²) in [4.78, 5) is 35.0. The second kappa shape index (κ2) is 3.22. The SMILES string of the molecule is C=CN1C(=O)CC(=O)N(C=C)C1=O. The third-order valence-electron chi connectivity index (χ3n) is 1.62. The van der Waals surface area contributed by atoms with E-state index in [9.17, 15) is 14.4 Å². The van der Waals surface area contributed by atoms with Crippen LogP contribution in [0.5, 0.6) is 0 Å². The predicted octanol–water partition coefficient (Wildman–Crippen LogP) is 0.454. The summed E-state index contributed by atoms with van der Waals surface area (Å²) in [6.45, 7) is 6.58. The summed E-state index contributed by atoms with van der Waals surface area (Å²) in [7, 11) is 0. The van der Waals surface area contributed by atoms with E-state index in [2.05, 4.69) is 13.2 Å². The molecule has 0 N–H and O–H groups in total. The summed E-state index contributed by atoms with van der Waals surface area (Å²) in [5.41, 5.74) is 0. The molecule has 0 atom stereocenters. The maximum atomic E-state index is 11.3. The van der Waals surface area contributed by atoms with Crippen molar-refractivity contribution in [1.29, 1.82) is 0 Å². The average molecular weight is 180 g/mol. The molecular formula is C8H8N2O3. The van der Waals surface area contributed by atoms with Gasteiger partial charge in [-0.2, -0.15) is 0 Å². The van der Waals surface area contributed by atoms with E-state index >= 15 is 0 Å². The van der Waals surface area contributed by atoms with Crippen molar-refractivity contribution in [3.8, 4) is 0 Å². The van der Waals surface area contributed by atoms with E-state index in [0.717, 1.165) is 22.2 Å². The molecule has 5 heteroatoms. The fourth-order valence-corrected chi connectivity index (χ4v) is 0.989. The Balaban J connectivity index is 3.00. The van der Waals surface area contributed by atoms with Crippen LogP contribution in [0.25, 0.3) is 0 Å². The Morgan fingerprint density at radius 1 is 1.00 bits per heavy atom. The Bertz CT molecular complexity index is 281. The fraction of sp³-hybridized carbons (Fsp3) is 0.125. The normalized spacial score (nSPS) is 17.7. The topological polar surface area (TPSA) is 57.7 Å². The molecule has 0 aromatic carbocycles. The molecule has 1 aliphatic rings. The molecule has 0 saturated carbocycles. The number of urea groups is 1. The number of imide groups is 2. The van der Waals surface area contributed by atoms with E-state index in [4.69, 9.17) is 0 Å². The van der Waals surface area contributed by atoms with Crippen LogP contribution in [0.15, 0.2) is 25.6 Å². The quantitative estimate of drug-likeness (QED) is 0.580. The molecule has 5 nitrogen and oxygen atoms in total. The maximum absolute atomic E-state index is 11.3. The molecule has 1 heterocycles. The summed E-state index contributed by atoms with van der Waals surface area (Å²) < 4.78 is 0. The van der Waals surface area contributed by atoms with Crippen LogP contribution in [0.4, 0.5) is 4.79 Å². The van der Waals surface area contributed by atoms with Crippen molar-refractivity contribution in [3.63, 3.8) is 0 Å². The molecule has 1 saturated heterocycles. The molecule has 1 aliphatic heterocycles. The summed E-state index contributed by atoms with van der Waals surface area (Å²) >= 11 is 0. The highest BCUT2D eigenvalue weighted by Gasteiger charge is 2.34. The lowest BCUT2D eigenvalue weighted by Crippen LogP contribution is -2.50. The summed E-state index contributed by atoms with van der Waals surface area (Å²) in [5.74, 6) is -1.13. The van der Waals surface area contributed by atoms with Gasteiger partial charge in [0.2, 0.25) is 11.8 Å². The van der Waals surface area contributed by atoms with Gasteiger partial charge in [-0.1, -0.05) is 13.2 Å². The van der Waals surface area contributed by atoms with Gasteiger partial charge in [0.05, 0.1) is 0 Å². The predicted molar refractivity (Wildman–Crippen MR) is 44.1 cm³/mol. The molecule has 68 valence electrons. The minimum atomic E-state index is -0.730. The molecule has 1 rings (SSSR count). The van der Waals surface area contributed by atoms with Gasteiger partial charge in [0.15, 0.2) is 0 Å². The van der Waals surface area contributed by atoms with Gasteiger partial charge in [0.25, 0.3) is 0 Å². The molecule has 13 heavy (non-hydrogen) atoms. The monoisotopic (exact) mass is 180 g/mol. The number of carbonyl (C=O) groups is 3. The molecule has 0 radical (unpaired) electrons. The first-order valence-corrected chi connectivity index (χ1v) is 3.55. The van der Waals surface area contributed by atoms with Crippen LogP contribution < -0.4 is 0 Å². The molecule has 0 spiro atoms. The highest BCUT2D eigenvalue weighted by atomic mass is 16.2. The lowest BCUT2D eigenvalue weighted by atomic mass is 10.3. The Morgan fingerprint density at radius 3 is 1.69 bits per heavy atom. The Hall–Kier alpha value is -1.91. The van der Waals surface area contributed by atoms with E-state index in [-0.39, 0.29) is 6.42 Å². The van der Waals surface area contributed by atoms with Crippen molar-refractivity contribution in [1.82, 2.24) is 9.80 Å². The van der Waals surface area contributed by atoms with Crippen molar-refractivity contribution in [2.45, 2.75) is 6.42 Å². The van der Waals surface area contributed by atoms with Gasteiger partial charge in [-0.15, -0.1) is 0 Å². The minimum Gasteiger partial charge on any atom is -0.273 e. The van der Waals surface area contributed by atoms with Gasteiger partial charge >= 0.3 is 6.03 Å². The van der Waals surface area contributed by atoms with Gasteiger partial charge < -0.3 is 0 Å². The highest BCUT2D eigenvalue weighted by Crippen LogP contribution is 2.11. The Kier molecular flexibility index (Phi) is 2.27.